The van der Waals surface area contributed by atoms with Crippen LogP contribution >= 0.6 is 0 Å². The van der Waals surface area contributed by atoms with Crippen molar-refractivity contribution in [3.63, 3.8) is 0 Å². The van der Waals surface area contributed by atoms with Crippen LogP contribution in [0.15, 0.2) is 11.8 Å². The predicted octanol–water partition coefficient (Wildman–Crippen LogP) is 3.28. The van der Waals surface area contributed by atoms with Crippen molar-refractivity contribution >= 4 is 0 Å². The van der Waals surface area contributed by atoms with Crippen LogP contribution in [0, 0.1) is 5.41 Å². The SMILES string of the molecule is CC1(COC=C2CCCC2)CCCOC1. The van der Waals surface area contributed by atoms with Crippen molar-refractivity contribution in [3.05, 3.63) is 11.8 Å². The van der Waals surface area contributed by atoms with E-state index in [9.17, 15) is 0 Å². The number of allylic oxidation sites excluding steroid dienone is 1. The summed E-state index contributed by atoms with van der Waals surface area (Å²) in [7, 11) is 0. The van der Waals surface area contributed by atoms with Gasteiger partial charge in [0.05, 0.1) is 19.5 Å². The Bertz CT molecular complexity index is 219. The van der Waals surface area contributed by atoms with Crippen molar-refractivity contribution < 1.29 is 9.47 Å². The van der Waals surface area contributed by atoms with Crippen molar-refractivity contribution in [2.75, 3.05) is 19.8 Å². The maximum absolute atomic E-state index is 5.72. The molecule has 1 unspecified atom stereocenters. The minimum Gasteiger partial charge on any atom is -0.501 e. The smallest absolute Gasteiger partial charge is 0.0948 e. The number of rotatable bonds is 3. The van der Waals surface area contributed by atoms with Gasteiger partial charge in [-0.15, -0.1) is 0 Å². The minimum absolute atomic E-state index is 0.244. The van der Waals surface area contributed by atoms with Gasteiger partial charge in [0.2, 0.25) is 0 Å². The van der Waals surface area contributed by atoms with E-state index in [1.165, 1.54) is 44.1 Å². The van der Waals surface area contributed by atoms with E-state index in [-0.39, 0.29) is 5.41 Å². The van der Waals surface area contributed by atoms with Gasteiger partial charge in [-0.25, -0.2) is 0 Å². The van der Waals surface area contributed by atoms with Gasteiger partial charge in [0.15, 0.2) is 0 Å². The highest BCUT2D eigenvalue weighted by molar-refractivity contribution is 5.02. The summed E-state index contributed by atoms with van der Waals surface area (Å²) in [6.07, 6.45) is 9.59. The first-order valence-corrected chi connectivity index (χ1v) is 6.16. The standard InChI is InChI=1S/C13H22O2/c1-13(7-4-8-14-10-13)11-15-9-12-5-2-3-6-12/h9H,2-8,10-11H2,1H3. The minimum atomic E-state index is 0.244. The Hall–Kier alpha value is -0.500. The summed E-state index contributed by atoms with van der Waals surface area (Å²) >= 11 is 0. The molecule has 2 fully saturated rings. The van der Waals surface area contributed by atoms with Crippen molar-refractivity contribution in [2.45, 2.75) is 45.4 Å². The average molecular weight is 210 g/mol. The maximum atomic E-state index is 5.72. The summed E-state index contributed by atoms with van der Waals surface area (Å²) in [6, 6.07) is 0. The molecule has 1 saturated heterocycles. The van der Waals surface area contributed by atoms with Crippen LogP contribution in [0.5, 0.6) is 0 Å². The average Bonchev–Trinajstić information content (AvgIpc) is 2.71. The quantitative estimate of drug-likeness (QED) is 0.665. The van der Waals surface area contributed by atoms with Gasteiger partial charge in [-0.3, -0.25) is 0 Å². The summed E-state index contributed by atoms with van der Waals surface area (Å²) in [5.74, 6) is 0. The van der Waals surface area contributed by atoms with E-state index in [1.807, 2.05) is 6.26 Å². The fourth-order valence-electron chi connectivity index (χ4n) is 2.41. The first kappa shape index (κ1) is 11.0. The van der Waals surface area contributed by atoms with Crippen molar-refractivity contribution in [2.24, 2.45) is 5.41 Å². The van der Waals surface area contributed by atoms with E-state index in [2.05, 4.69) is 6.92 Å². The van der Waals surface area contributed by atoms with E-state index in [4.69, 9.17) is 9.47 Å². The second kappa shape index (κ2) is 5.02. The molecule has 1 heterocycles. The maximum Gasteiger partial charge on any atom is 0.0948 e. The van der Waals surface area contributed by atoms with E-state index >= 15 is 0 Å². The lowest BCUT2D eigenvalue weighted by atomic mass is 9.86. The highest BCUT2D eigenvalue weighted by Gasteiger charge is 2.28. The van der Waals surface area contributed by atoms with Crippen LogP contribution in [0.4, 0.5) is 0 Å². The molecular formula is C13H22O2. The number of ether oxygens (including phenoxy) is 2. The second-order valence-corrected chi connectivity index (χ2v) is 5.26. The van der Waals surface area contributed by atoms with Crippen LogP contribution in [-0.4, -0.2) is 19.8 Å². The largest absolute Gasteiger partial charge is 0.501 e. The van der Waals surface area contributed by atoms with Crippen molar-refractivity contribution in [1.29, 1.82) is 0 Å². The number of hydrogen-bond acceptors (Lipinski definition) is 2. The molecule has 1 atom stereocenters. The molecule has 0 bridgehead atoms. The Morgan fingerprint density at radius 2 is 2.13 bits per heavy atom. The lowest BCUT2D eigenvalue weighted by molar-refractivity contribution is -0.0308. The van der Waals surface area contributed by atoms with Gasteiger partial charge in [-0.1, -0.05) is 6.92 Å². The third kappa shape index (κ3) is 3.23. The second-order valence-electron chi connectivity index (χ2n) is 5.26. The van der Waals surface area contributed by atoms with Crippen molar-refractivity contribution in [3.8, 4) is 0 Å². The molecule has 1 aliphatic heterocycles. The van der Waals surface area contributed by atoms with E-state index in [0.29, 0.717) is 0 Å². The zero-order chi connectivity index (χ0) is 10.6. The first-order chi connectivity index (χ1) is 7.29. The third-order valence-electron chi connectivity index (χ3n) is 3.45. The molecule has 0 N–H and O–H groups in total. The van der Waals surface area contributed by atoms with Crippen LogP contribution in [0.25, 0.3) is 0 Å². The van der Waals surface area contributed by atoms with Crippen molar-refractivity contribution in [1.82, 2.24) is 0 Å². The van der Waals surface area contributed by atoms with Gasteiger partial charge in [0.25, 0.3) is 0 Å². The van der Waals surface area contributed by atoms with E-state index < -0.39 is 0 Å². The summed E-state index contributed by atoms with van der Waals surface area (Å²) in [5, 5.41) is 0. The molecule has 0 aromatic rings. The molecule has 15 heavy (non-hydrogen) atoms. The molecule has 1 saturated carbocycles. The molecule has 2 nitrogen and oxygen atoms in total. The fraction of sp³-hybridized carbons (Fsp3) is 0.846. The zero-order valence-electron chi connectivity index (χ0n) is 9.76. The Kier molecular flexibility index (Phi) is 3.68. The lowest BCUT2D eigenvalue weighted by Gasteiger charge is -2.32. The summed E-state index contributed by atoms with van der Waals surface area (Å²) in [6.45, 7) is 4.86. The molecule has 2 heteroatoms. The molecule has 2 rings (SSSR count). The van der Waals surface area contributed by atoms with Crippen LogP contribution < -0.4 is 0 Å². The summed E-state index contributed by atoms with van der Waals surface area (Å²) in [5.41, 5.74) is 1.74. The Morgan fingerprint density at radius 3 is 2.80 bits per heavy atom. The van der Waals surface area contributed by atoms with Gasteiger partial charge in [-0.05, 0) is 44.1 Å². The third-order valence-corrected chi connectivity index (χ3v) is 3.45. The Morgan fingerprint density at radius 1 is 1.33 bits per heavy atom. The molecule has 0 aromatic carbocycles. The summed E-state index contributed by atoms with van der Waals surface area (Å²) < 4.78 is 11.2. The molecule has 0 amide bonds. The van der Waals surface area contributed by atoms with Gasteiger partial charge in [0.1, 0.15) is 0 Å². The molecule has 86 valence electrons. The van der Waals surface area contributed by atoms with Crippen LogP contribution in [0.1, 0.15) is 45.4 Å². The first-order valence-electron chi connectivity index (χ1n) is 6.16. The van der Waals surface area contributed by atoms with Crippen LogP contribution in [-0.2, 0) is 9.47 Å². The van der Waals surface area contributed by atoms with Gasteiger partial charge in [-0.2, -0.15) is 0 Å². The zero-order valence-corrected chi connectivity index (χ0v) is 9.76. The Labute approximate surface area is 92.6 Å². The van der Waals surface area contributed by atoms with Gasteiger partial charge in [0, 0.05) is 12.0 Å². The number of hydrogen-bond donors (Lipinski definition) is 0. The van der Waals surface area contributed by atoms with Gasteiger partial charge >= 0.3 is 0 Å². The van der Waals surface area contributed by atoms with Gasteiger partial charge < -0.3 is 9.47 Å². The molecular weight excluding hydrogens is 188 g/mol. The molecule has 2 aliphatic rings. The van der Waals surface area contributed by atoms with Crippen LogP contribution in [0.2, 0.25) is 0 Å². The van der Waals surface area contributed by atoms with Crippen LogP contribution in [0.3, 0.4) is 0 Å². The highest BCUT2D eigenvalue weighted by Crippen LogP contribution is 2.29. The van der Waals surface area contributed by atoms with E-state index in [1.54, 1.807) is 0 Å². The monoisotopic (exact) mass is 210 g/mol. The lowest BCUT2D eigenvalue weighted by Crippen LogP contribution is -2.32. The predicted molar refractivity (Wildman–Crippen MR) is 60.7 cm³/mol. The molecule has 0 radical (unpaired) electrons. The fourth-order valence-corrected chi connectivity index (χ4v) is 2.41. The van der Waals surface area contributed by atoms with E-state index in [0.717, 1.165) is 19.8 Å². The highest BCUT2D eigenvalue weighted by atomic mass is 16.5. The Balaban J connectivity index is 1.74. The topological polar surface area (TPSA) is 18.5 Å². The molecule has 1 aliphatic carbocycles. The molecule has 0 spiro atoms. The summed E-state index contributed by atoms with van der Waals surface area (Å²) in [4.78, 5) is 0. The normalized spacial score (nSPS) is 31.7. The molecule has 0 aromatic heterocycles.